The summed E-state index contributed by atoms with van der Waals surface area (Å²) in [6.45, 7) is 0. The van der Waals surface area contributed by atoms with Crippen molar-refractivity contribution in [1.29, 1.82) is 0 Å². The molecule has 0 saturated carbocycles. The lowest BCUT2D eigenvalue weighted by molar-refractivity contribution is -0.173. The summed E-state index contributed by atoms with van der Waals surface area (Å²) < 4.78 is 115. The van der Waals surface area contributed by atoms with Crippen LogP contribution in [0.1, 0.15) is 24.1 Å². The topological polar surface area (TPSA) is 91.7 Å². The second-order valence-electron chi connectivity index (χ2n) is 6.40. The Hall–Kier alpha value is -2.84. The van der Waals surface area contributed by atoms with Crippen LogP contribution in [0.3, 0.4) is 0 Å². The van der Waals surface area contributed by atoms with E-state index in [4.69, 9.17) is 9.47 Å². The molecule has 0 aliphatic carbocycles. The number of benzene rings is 1. The minimum Gasteiger partial charge on any atom is -0.493 e. The van der Waals surface area contributed by atoms with Crippen molar-refractivity contribution in [3.05, 3.63) is 29.8 Å². The normalized spacial score (nSPS) is 19.4. The molecule has 0 fully saturated rings. The van der Waals surface area contributed by atoms with E-state index in [1.807, 2.05) is 0 Å². The number of halogens is 6. The molecule has 0 spiro atoms. The van der Waals surface area contributed by atoms with Crippen LogP contribution < -0.4 is 19.0 Å². The van der Waals surface area contributed by atoms with Crippen molar-refractivity contribution < 1.29 is 48.4 Å². The van der Waals surface area contributed by atoms with Crippen molar-refractivity contribution in [3.63, 3.8) is 0 Å². The van der Waals surface area contributed by atoms with Crippen LogP contribution in [0.25, 0.3) is 0 Å². The van der Waals surface area contributed by atoms with E-state index >= 15 is 0 Å². The van der Waals surface area contributed by atoms with Crippen LogP contribution >= 0.6 is 0 Å². The highest BCUT2D eigenvalue weighted by Crippen LogP contribution is 2.45. The number of aromatic nitrogens is 2. The molecule has 0 amide bonds. The molecule has 0 unspecified atom stereocenters. The van der Waals surface area contributed by atoms with Crippen molar-refractivity contribution >= 4 is 15.9 Å². The van der Waals surface area contributed by atoms with E-state index in [2.05, 4.69) is 14.6 Å². The summed E-state index contributed by atoms with van der Waals surface area (Å²) in [4.78, 5) is 0. The van der Waals surface area contributed by atoms with Gasteiger partial charge < -0.3 is 19.0 Å². The van der Waals surface area contributed by atoms with Crippen molar-refractivity contribution in [1.82, 2.24) is 9.78 Å². The molecule has 1 N–H and O–H groups in total. The average molecular weight is 475 g/mol. The first-order valence-corrected chi connectivity index (χ1v) is 9.83. The van der Waals surface area contributed by atoms with Gasteiger partial charge in [0.25, 0.3) is 5.88 Å². The molecule has 31 heavy (non-hydrogen) atoms. The van der Waals surface area contributed by atoms with Crippen molar-refractivity contribution in [2.45, 2.75) is 30.2 Å². The highest BCUT2D eigenvalue weighted by atomic mass is 32.2. The van der Waals surface area contributed by atoms with Gasteiger partial charge in [-0.15, -0.1) is 5.10 Å². The molecular weight excluding hydrogens is 460 g/mol. The first kappa shape index (κ1) is 22.8. The van der Waals surface area contributed by atoms with Gasteiger partial charge in [-0.05, 0) is 17.7 Å². The zero-order valence-corrected chi connectivity index (χ0v) is 16.6. The van der Waals surface area contributed by atoms with Gasteiger partial charge in [-0.1, -0.05) is 6.07 Å². The number of ether oxygens (including phenoxy) is 2. The van der Waals surface area contributed by atoms with Crippen LogP contribution in [0.5, 0.6) is 17.4 Å². The fraction of sp³-hybridized carbons (Fsp3) is 0.438. The Morgan fingerprint density at radius 2 is 1.71 bits per heavy atom. The molecule has 1 aliphatic heterocycles. The second kappa shape index (κ2) is 7.69. The minimum absolute atomic E-state index is 0.254. The molecule has 2 atom stereocenters. The van der Waals surface area contributed by atoms with Gasteiger partial charge in [0.2, 0.25) is 0 Å². The highest BCUT2D eigenvalue weighted by Gasteiger charge is 2.50. The number of nitrogens with zero attached hydrogens (tertiary/aromatic N) is 2. The molecule has 15 heteroatoms. The molecule has 1 aliphatic rings. The molecule has 0 saturated heterocycles. The van der Waals surface area contributed by atoms with Gasteiger partial charge >= 0.3 is 21.8 Å². The lowest BCUT2D eigenvalue weighted by atomic mass is 9.96. The number of methoxy groups -OCH3 is 2. The lowest BCUT2D eigenvalue weighted by Crippen LogP contribution is -2.35. The largest absolute Gasteiger partial charge is 0.534 e. The number of fused-ring (bicyclic) bond motifs is 1. The maximum absolute atomic E-state index is 13.6. The maximum Gasteiger partial charge on any atom is 0.534 e. The van der Waals surface area contributed by atoms with Gasteiger partial charge in [0.05, 0.1) is 20.3 Å². The van der Waals surface area contributed by atoms with Gasteiger partial charge in [-0.3, -0.25) is 0 Å². The zero-order chi connectivity index (χ0) is 23.2. The first-order valence-electron chi connectivity index (χ1n) is 8.42. The van der Waals surface area contributed by atoms with Gasteiger partial charge in [-0.25, -0.2) is 4.68 Å². The number of alkyl halides is 6. The maximum atomic E-state index is 13.6. The molecule has 1 aromatic carbocycles. The Bertz CT molecular complexity index is 1070. The van der Waals surface area contributed by atoms with Crippen molar-refractivity contribution in [3.8, 4) is 17.4 Å². The van der Waals surface area contributed by atoms with Gasteiger partial charge in [0, 0.05) is 12.5 Å². The van der Waals surface area contributed by atoms with E-state index in [1.54, 1.807) is 0 Å². The molecule has 8 nitrogen and oxygen atoms in total. The molecular formula is C16H15F6N3O5S. The van der Waals surface area contributed by atoms with E-state index in [-0.39, 0.29) is 11.6 Å². The molecule has 0 radical (unpaired) electrons. The summed E-state index contributed by atoms with van der Waals surface area (Å²) in [6, 6.07) is 1.85. The van der Waals surface area contributed by atoms with Gasteiger partial charge in [-0.2, -0.15) is 34.8 Å². The molecule has 2 aromatic rings. The Kier molecular flexibility index (Phi) is 5.67. The number of anilines is 1. The number of hydrogen-bond donors (Lipinski definition) is 1. The fourth-order valence-corrected chi connectivity index (χ4v) is 3.44. The number of nitrogens with one attached hydrogen (secondary N) is 1. The number of rotatable bonds is 5. The van der Waals surface area contributed by atoms with E-state index in [9.17, 15) is 34.8 Å². The Morgan fingerprint density at radius 1 is 1.06 bits per heavy atom. The Balaban J connectivity index is 1.99. The smallest absolute Gasteiger partial charge is 0.493 e. The zero-order valence-electron chi connectivity index (χ0n) is 15.8. The molecule has 3 rings (SSSR count). The fourth-order valence-electron chi connectivity index (χ4n) is 3.04. The molecule has 0 bridgehead atoms. The predicted octanol–water partition coefficient (Wildman–Crippen LogP) is 3.79. The van der Waals surface area contributed by atoms with Crippen LogP contribution in [0.2, 0.25) is 0 Å². The lowest BCUT2D eigenvalue weighted by Gasteiger charge is -2.33. The first-order chi connectivity index (χ1) is 14.3. The summed E-state index contributed by atoms with van der Waals surface area (Å²) in [6.07, 6.45) is -5.42. The van der Waals surface area contributed by atoms with Gasteiger partial charge in [0.15, 0.2) is 17.5 Å². The quantitative estimate of drug-likeness (QED) is 0.400. The minimum atomic E-state index is -6.10. The number of hydrogen-bond acceptors (Lipinski definition) is 7. The average Bonchev–Trinajstić information content (AvgIpc) is 3.06. The van der Waals surface area contributed by atoms with E-state index in [0.29, 0.717) is 22.1 Å². The summed E-state index contributed by atoms with van der Waals surface area (Å²) >= 11 is 0. The third-order valence-electron chi connectivity index (χ3n) is 4.46. The van der Waals surface area contributed by atoms with Crippen LogP contribution in [0.4, 0.5) is 32.2 Å². The molecule has 172 valence electrons. The van der Waals surface area contributed by atoms with Crippen molar-refractivity contribution in [2.24, 2.45) is 0 Å². The summed E-state index contributed by atoms with van der Waals surface area (Å²) in [5, 5.41) is 5.97. The third kappa shape index (κ3) is 4.45. The van der Waals surface area contributed by atoms with E-state index < -0.39 is 46.2 Å². The Morgan fingerprint density at radius 3 is 2.26 bits per heavy atom. The summed E-state index contributed by atoms with van der Waals surface area (Å²) in [5.74, 6) is -0.931. The van der Waals surface area contributed by atoms with Crippen LogP contribution in [0, 0.1) is 0 Å². The Labute approximate surface area is 171 Å². The SMILES string of the molecule is COc1ccc([C@@H]2C[C@H](C(F)(F)F)n3nc(OS(=O)(=O)C(F)(F)F)cc3N2)cc1OC. The van der Waals surface area contributed by atoms with E-state index in [1.165, 1.54) is 32.4 Å². The molecule has 1 aromatic heterocycles. The van der Waals surface area contributed by atoms with Crippen LogP contribution in [-0.4, -0.2) is 44.1 Å². The third-order valence-corrected chi connectivity index (χ3v) is 5.41. The standard InChI is InChI=1S/C16H15F6N3O5S/c1-28-10-4-3-8(5-11(10)29-2)9-6-12(15(17,18)19)25-13(23-9)7-14(24-25)30-31(26,27)16(20,21)22/h3-5,7,9,12,23H,6H2,1-2H3/t9-,12+/m0/s1. The summed E-state index contributed by atoms with van der Waals surface area (Å²) in [5.41, 5.74) is -5.40. The van der Waals surface area contributed by atoms with Gasteiger partial charge in [0.1, 0.15) is 5.82 Å². The highest BCUT2D eigenvalue weighted by molar-refractivity contribution is 7.87. The van der Waals surface area contributed by atoms with Crippen LogP contribution in [-0.2, 0) is 10.1 Å². The van der Waals surface area contributed by atoms with Crippen molar-refractivity contribution in [2.75, 3.05) is 19.5 Å². The monoisotopic (exact) mass is 475 g/mol. The van der Waals surface area contributed by atoms with Crippen LogP contribution in [0.15, 0.2) is 24.3 Å². The predicted molar refractivity (Wildman–Crippen MR) is 93.4 cm³/mol. The molecule has 2 heterocycles. The summed E-state index contributed by atoms with van der Waals surface area (Å²) in [7, 11) is -3.38. The second-order valence-corrected chi connectivity index (χ2v) is 7.94. The van der Waals surface area contributed by atoms with E-state index in [0.717, 1.165) is 0 Å².